The van der Waals surface area contributed by atoms with Gasteiger partial charge in [-0.05, 0) is 60.2 Å². The summed E-state index contributed by atoms with van der Waals surface area (Å²) in [6.45, 7) is -0.0666. The highest BCUT2D eigenvalue weighted by atomic mass is 32.2. The summed E-state index contributed by atoms with van der Waals surface area (Å²) in [5, 5.41) is 5.19. The van der Waals surface area contributed by atoms with Crippen LogP contribution in [0.25, 0.3) is 33.3 Å². The van der Waals surface area contributed by atoms with Crippen molar-refractivity contribution in [1.29, 1.82) is 0 Å². The van der Waals surface area contributed by atoms with Crippen LogP contribution in [0.2, 0.25) is 0 Å². The molecule has 0 atom stereocenters. The Morgan fingerprint density at radius 1 is 1.03 bits per heavy atom. The molecular weight excluding hydrogens is 505 g/mol. The number of hydrogen-bond acceptors (Lipinski definition) is 6. The normalized spacial score (nSPS) is 11.5. The molecule has 0 aliphatic carbocycles. The lowest BCUT2D eigenvalue weighted by Gasteiger charge is -2.11. The number of nitrogens with zero attached hydrogens (tertiary/aromatic N) is 5. The minimum Gasteiger partial charge on any atom is -0.487 e. The van der Waals surface area contributed by atoms with Crippen LogP contribution in [0.15, 0.2) is 83.6 Å². The highest BCUT2D eigenvalue weighted by molar-refractivity contribution is 7.92. The molecule has 0 aliphatic rings. The number of ether oxygens (including phenoxy) is 1. The van der Waals surface area contributed by atoms with Crippen molar-refractivity contribution < 1.29 is 18.1 Å². The summed E-state index contributed by atoms with van der Waals surface area (Å²) in [6, 6.07) is 16.9. The zero-order chi connectivity index (χ0) is 26.9. The minimum absolute atomic E-state index is 0.0666. The van der Waals surface area contributed by atoms with E-state index in [4.69, 9.17) is 4.74 Å². The third-order valence-electron chi connectivity index (χ3n) is 5.72. The zero-order valence-corrected chi connectivity index (χ0v) is 21.8. The average molecular weight is 530 g/mol. The van der Waals surface area contributed by atoms with Gasteiger partial charge in [0.1, 0.15) is 23.9 Å². The first-order chi connectivity index (χ1) is 18.2. The quantitative estimate of drug-likeness (QED) is 0.297. The van der Waals surface area contributed by atoms with Gasteiger partial charge in [0, 0.05) is 70.5 Å². The highest BCUT2D eigenvalue weighted by Gasteiger charge is 2.17. The molecule has 38 heavy (non-hydrogen) atoms. The maximum Gasteiger partial charge on any atom is 0.287 e. The molecule has 0 fully saturated rings. The molecule has 3 heterocycles. The summed E-state index contributed by atoms with van der Waals surface area (Å²) < 4.78 is 37.5. The standard InChI is InChI=1S/C28H24FN5O3S/c1-34-16-24(18-10-12-30-13-11-18)27(32-34)19-5-8-22(9-6-19)37-17-26-23(28(35)33-38(2,3)36)14-20-4-7-21(29)15-25(20)31-26/h4-16H,17H2,1-3H3. The molecule has 192 valence electrons. The average Bonchev–Trinajstić information content (AvgIpc) is 3.28. The molecule has 0 saturated carbocycles. The van der Waals surface area contributed by atoms with Crippen molar-refractivity contribution in [3.8, 4) is 28.1 Å². The minimum atomic E-state index is -2.68. The van der Waals surface area contributed by atoms with Crippen LogP contribution < -0.4 is 4.74 Å². The fourth-order valence-corrected chi connectivity index (χ4v) is 4.53. The van der Waals surface area contributed by atoms with Gasteiger partial charge in [0.2, 0.25) is 0 Å². The molecule has 8 nitrogen and oxygen atoms in total. The van der Waals surface area contributed by atoms with E-state index in [1.807, 2.05) is 37.5 Å². The van der Waals surface area contributed by atoms with E-state index in [0.29, 0.717) is 16.7 Å². The van der Waals surface area contributed by atoms with E-state index in [1.54, 1.807) is 35.3 Å². The Kier molecular flexibility index (Phi) is 6.73. The maximum absolute atomic E-state index is 13.8. The third-order valence-corrected chi connectivity index (χ3v) is 6.32. The van der Waals surface area contributed by atoms with Crippen molar-refractivity contribution in [3.63, 3.8) is 0 Å². The Hall–Kier alpha value is -4.44. The summed E-state index contributed by atoms with van der Waals surface area (Å²) in [4.78, 5) is 21.4. The second kappa shape index (κ2) is 10.1. The molecule has 0 radical (unpaired) electrons. The lowest BCUT2D eigenvalue weighted by Crippen LogP contribution is -2.09. The lowest BCUT2D eigenvalue weighted by atomic mass is 10.0. The number of rotatable bonds is 6. The van der Waals surface area contributed by atoms with Crippen LogP contribution in [0.4, 0.5) is 4.39 Å². The Labute approximate surface area is 219 Å². The van der Waals surface area contributed by atoms with Gasteiger partial charge in [0.25, 0.3) is 5.91 Å². The first-order valence-electron chi connectivity index (χ1n) is 11.6. The fourth-order valence-electron chi connectivity index (χ4n) is 4.03. The van der Waals surface area contributed by atoms with Crippen molar-refractivity contribution in [3.05, 3.63) is 96.3 Å². The number of carbonyl (C=O) groups excluding carboxylic acids is 1. The molecule has 0 saturated heterocycles. The van der Waals surface area contributed by atoms with Crippen molar-refractivity contribution in [2.24, 2.45) is 11.4 Å². The number of benzene rings is 2. The third kappa shape index (κ3) is 5.60. The van der Waals surface area contributed by atoms with Gasteiger partial charge in [0.15, 0.2) is 0 Å². The number of halogens is 1. The summed E-state index contributed by atoms with van der Waals surface area (Å²) in [7, 11) is -0.813. The van der Waals surface area contributed by atoms with Gasteiger partial charge < -0.3 is 4.74 Å². The molecule has 2 aromatic carbocycles. The first-order valence-corrected chi connectivity index (χ1v) is 14.0. The number of hydrogen-bond donors (Lipinski definition) is 0. The second-order valence-corrected chi connectivity index (χ2v) is 11.6. The number of carbonyl (C=O) groups is 1. The number of aromatic nitrogens is 4. The molecule has 10 heteroatoms. The smallest absolute Gasteiger partial charge is 0.287 e. The molecule has 0 aliphatic heterocycles. The molecule has 5 rings (SSSR count). The first kappa shape index (κ1) is 25.2. The predicted molar refractivity (Wildman–Crippen MR) is 145 cm³/mol. The van der Waals surface area contributed by atoms with Crippen LogP contribution >= 0.6 is 0 Å². The van der Waals surface area contributed by atoms with Gasteiger partial charge in [-0.15, -0.1) is 0 Å². The highest BCUT2D eigenvalue weighted by Crippen LogP contribution is 2.31. The van der Waals surface area contributed by atoms with Crippen molar-refractivity contribution in [2.75, 3.05) is 12.5 Å². The van der Waals surface area contributed by atoms with E-state index in [0.717, 1.165) is 22.4 Å². The van der Waals surface area contributed by atoms with Gasteiger partial charge in [-0.2, -0.15) is 9.46 Å². The molecule has 0 bridgehead atoms. The number of fused-ring (bicyclic) bond motifs is 1. The van der Waals surface area contributed by atoms with Crippen LogP contribution in [-0.2, 0) is 23.4 Å². The van der Waals surface area contributed by atoms with E-state index in [2.05, 4.69) is 19.4 Å². The molecular formula is C28H24FN5O3S. The van der Waals surface area contributed by atoms with Crippen LogP contribution in [0.3, 0.4) is 0 Å². The van der Waals surface area contributed by atoms with Crippen molar-refractivity contribution >= 4 is 26.5 Å². The Balaban J connectivity index is 1.43. The van der Waals surface area contributed by atoms with Gasteiger partial charge in [-0.1, -0.05) is 0 Å². The zero-order valence-electron chi connectivity index (χ0n) is 21.0. The molecule has 0 unspecified atom stereocenters. The van der Waals surface area contributed by atoms with Crippen LogP contribution in [0, 0.1) is 5.82 Å². The Morgan fingerprint density at radius 3 is 2.47 bits per heavy atom. The topological polar surface area (TPSA) is 99.3 Å². The molecule has 1 amide bonds. The largest absolute Gasteiger partial charge is 0.487 e. The molecule has 3 aromatic heterocycles. The second-order valence-electron chi connectivity index (χ2n) is 9.01. The number of aryl methyl sites for hydroxylation is 1. The predicted octanol–water partition coefficient (Wildman–Crippen LogP) is 5.28. The summed E-state index contributed by atoms with van der Waals surface area (Å²) >= 11 is 0. The molecule has 5 aromatic rings. The monoisotopic (exact) mass is 529 g/mol. The van der Waals surface area contributed by atoms with Crippen LogP contribution in [0.1, 0.15) is 16.1 Å². The summed E-state index contributed by atoms with van der Waals surface area (Å²) in [5.74, 6) is -0.560. The van der Waals surface area contributed by atoms with Gasteiger partial charge in [-0.3, -0.25) is 14.5 Å². The van der Waals surface area contributed by atoms with E-state index in [-0.39, 0.29) is 17.9 Å². The van der Waals surface area contributed by atoms with Crippen LogP contribution in [-0.4, -0.2) is 42.4 Å². The van der Waals surface area contributed by atoms with Gasteiger partial charge in [0.05, 0.1) is 16.8 Å². The number of amides is 1. The van der Waals surface area contributed by atoms with Crippen LogP contribution in [0.5, 0.6) is 5.75 Å². The molecule has 0 spiro atoms. The van der Waals surface area contributed by atoms with Crippen molar-refractivity contribution in [1.82, 2.24) is 19.7 Å². The SMILES string of the molecule is Cn1cc(-c2ccncc2)c(-c2ccc(OCc3nc4cc(F)ccc4cc3C(=O)N=S(C)(C)=O)cc2)n1. The maximum atomic E-state index is 13.8. The van der Waals surface area contributed by atoms with Gasteiger partial charge >= 0.3 is 0 Å². The van der Waals surface area contributed by atoms with Gasteiger partial charge in [-0.25, -0.2) is 13.6 Å². The Bertz CT molecular complexity index is 1770. The van der Waals surface area contributed by atoms with E-state index >= 15 is 0 Å². The lowest BCUT2D eigenvalue weighted by molar-refractivity contribution is 0.100. The summed E-state index contributed by atoms with van der Waals surface area (Å²) in [6.07, 6.45) is 8.20. The van der Waals surface area contributed by atoms with Crippen molar-refractivity contribution in [2.45, 2.75) is 6.61 Å². The van der Waals surface area contributed by atoms with E-state index in [9.17, 15) is 13.4 Å². The summed E-state index contributed by atoms with van der Waals surface area (Å²) in [5.41, 5.74) is 4.52. The number of pyridine rings is 2. The Morgan fingerprint density at radius 2 is 1.76 bits per heavy atom. The molecule has 0 N–H and O–H groups in total. The van der Waals surface area contributed by atoms with E-state index in [1.165, 1.54) is 30.7 Å². The van der Waals surface area contributed by atoms with E-state index < -0.39 is 21.5 Å². The fraction of sp³-hybridized carbons (Fsp3) is 0.143.